The second-order valence-corrected chi connectivity index (χ2v) is 5.62. The highest BCUT2D eigenvalue weighted by Gasteiger charge is 2.21. The molecule has 0 spiro atoms. The second-order valence-electron chi connectivity index (χ2n) is 5.62. The summed E-state index contributed by atoms with van der Waals surface area (Å²) in [5.74, 6) is -2.33. The lowest BCUT2D eigenvalue weighted by Gasteiger charge is -2.15. The molecule has 0 amide bonds. The Morgan fingerprint density at radius 3 is 1.88 bits per heavy atom. The highest BCUT2D eigenvalue weighted by molar-refractivity contribution is 5.97. The van der Waals surface area contributed by atoms with Gasteiger partial charge in [-0.1, -0.05) is 6.07 Å². The molecule has 0 aliphatic carbocycles. The first-order valence-corrected chi connectivity index (χ1v) is 8.51. The van der Waals surface area contributed by atoms with Gasteiger partial charge in [0.1, 0.15) is 0 Å². The zero-order valence-electron chi connectivity index (χ0n) is 14.6. The predicted octanol–water partition coefficient (Wildman–Crippen LogP) is 0.966. The molecule has 0 unspecified atom stereocenters. The summed E-state index contributed by atoms with van der Waals surface area (Å²) in [4.78, 5) is 23.2. The van der Waals surface area contributed by atoms with Gasteiger partial charge in [0.2, 0.25) is 0 Å². The molecule has 0 bridgehead atoms. The molecule has 1 rings (SSSR count). The van der Waals surface area contributed by atoms with Gasteiger partial charge in [0.15, 0.2) is 0 Å². The van der Waals surface area contributed by atoms with Gasteiger partial charge >= 0.3 is 11.9 Å². The number of aryl methyl sites for hydroxylation is 1. The summed E-state index contributed by atoms with van der Waals surface area (Å²) in [5, 5.41) is 36.3. The van der Waals surface area contributed by atoms with Crippen molar-refractivity contribution in [3.05, 3.63) is 34.4 Å². The summed E-state index contributed by atoms with van der Waals surface area (Å²) in [6.07, 6.45) is 1.69. The minimum atomic E-state index is -1.17. The molecule has 0 fully saturated rings. The first-order chi connectivity index (χ1) is 12.5. The first kappa shape index (κ1) is 22.0. The maximum absolute atomic E-state index is 11.8. The van der Waals surface area contributed by atoms with E-state index in [2.05, 4.69) is 0 Å². The van der Waals surface area contributed by atoms with E-state index in [1.54, 1.807) is 0 Å². The Labute approximate surface area is 152 Å². The third kappa shape index (κ3) is 7.09. The van der Waals surface area contributed by atoms with Crippen LogP contribution in [0.15, 0.2) is 12.1 Å². The lowest BCUT2D eigenvalue weighted by molar-refractivity contribution is 0.0692. The zero-order chi connectivity index (χ0) is 19.4. The third-order valence-electron chi connectivity index (χ3n) is 3.76. The van der Waals surface area contributed by atoms with E-state index in [1.807, 2.05) is 0 Å². The van der Waals surface area contributed by atoms with Crippen LogP contribution in [0.3, 0.4) is 0 Å². The number of aromatic carboxylic acids is 2. The molecule has 26 heavy (non-hydrogen) atoms. The van der Waals surface area contributed by atoms with Crippen molar-refractivity contribution in [3.63, 3.8) is 0 Å². The number of benzene rings is 1. The number of aliphatic hydroxyl groups is 2. The molecule has 4 N–H and O–H groups in total. The van der Waals surface area contributed by atoms with Gasteiger partial charge in [0.05, 0.1) is 37.6 Å². The number of rotatable bonds is 14. The van der Waals surface area contributed by atoms with Crippen LogP contribution in [0, 0.1) is 0 Å². The quantitative estimate of drug-likeness (QED) is 0.356. The molecule has 0 saturated carbocycles. The van der Waals surface area contributed by atoms with Crippen LogP contribution in [0.1, 0.15) is 44.7 Å². The van der Waals surface area contributed by atoms with Gasteiger partial charge in [0, 0.05) is 13.2 Å². The van der Waals surface area contributed by atoms with E-state index in [9.17, 15) is 19.8 Å². The Kier molecular flexibility index (Phi) is 10.5. The average Bonchev–Trinajstić information content (AvgIpc) is 2.60. The Bertz CT molecular complexity index is 585. The molecule has 0 aromatic heterocycles. The van der Waals surface area contributed by atoms with Gasteiger partial charge in [-0.25, -0.2) is 9.59 Å². The minimum absolute atomic E-state index is 0.0224. The normalized spacial score (nSPS) is 10.8. The molecular weight excluding hydrogens is 344 g/mol. The summed E-state index contributed by atoms with van der Waals surface area (Å²) < 4.78 is 10.3. The van der Waals surface area contributed by atoms with E-state index in [1.165, 1.54) is 12.1 Å². The molecule has 1 aromatic carbocycles. The van der Waals surface area contributed by atoms with Gasteiger partial charge in [-0.3, -0.25) is 0 Å². The standard InChI is InChI=1S/C18H26O8/c19-7-11-25-9-1-3-13-5-6-15(17(21)22)14(16(13)18(23)24)4-2-10-26-12-8-20/h5-6,19-20H,1-4,7-12H2,(H,21,22)(H,23,24). The molecule has 0 aliphatic rings. The number of aliphatic hydroxyl groups excluding tert-OH is 2. The van der Waals surface area contributed by atoms with E-state index >= 15 is 0 Å². The van der Waals surface area contributed by atoms with Crippen molar-refractivity contribution in [2.24, 2.45) is 0 Å². The third-order valence-corrected chi connectivity index (χ3v) is 3.76. The van der Waals surface area contributed by atoms with Crippen LogP contribution in [0.4, 0.5) is 0 Å². The molecular formula is C18H26O8. The Balaban J connectivity index is 2.95. The Hall–Kier alpha value is -2.00. The lowest BCUT2D eigenvalue weighted by Crippen LogP contribution is -2.15. The summed E-state index contributed by atoms with van der Waals surface area (Å²) in [5.41, 5.74) is 0.840. The highest BCUT2D eigenvalue weighted by atomic mass is 16.5. The molecule has 1 aromatic rings. The number of hydrogen-bond acceptors (Lipinski definition) is 6. The van der Waals surface area contributed by atoms with Crippen molar-refractivity contribution < 1.29 is 39.5 Å². The van der Waals surface area contributed by atoms with Crippen LogP contribution < -0.4 is 0 Å². The van der Waals surface area contributed by atoms with E-state index in [4.69, 9.17) is 19.7 Å². The minimum Gasteiger partial charge on any atom is -0.478 e. The Morgan fingerprint density at radius 2 is 1.38 bits per heavy atom. The van der Waals surface area contributed by atoms with E-state index in [-0.39, 0.29) is 49.5 Å². The molecule has 8 nitrogen and oxygen atoms in total. The summed E-state index contributed by atoms with van der Waals surface area (Å²) in [6, 6.07) is 2.97. The maximum atomic E-state index is 11.8. The van der Waals surface area contributed by atoms with Crippen molar-refractivity contribution in [2.75, 3.05) is 39.6 Å². The summed E-state index contributed by atoms with van der Waals surface area (Å²) in [6.45, 7) is 0.918. The highest BCUT2D eigenvalue weighted by Crippen LogP contribution is 2.23. The van der Waals surface area contributed by atoms with Crippen molar-refractivity contribution in [3.8, 4) is 0 Å². The number of carbonyl (C=O) groups is 2. The average molecular weight is 370 g/mol. The van der Waals surface area contributed by atoms with Crippen molar-refractivity contribution >= 4 is 11.9 Å². The number of carboxylic acids is 2. The fourth-order valence-electron chi connectivity index (χ4n) is 2.68. The van der Waals surface area contributed by atoms with Crippen LogP contribution in [0.2, 0.25) is 0 Å². The molecule has 0 aliphatic heterocycles. The fourth-order valence-corrected chi connectivity index (χ4v) is 2.68. The monoisotopic (exact) mass is 370 g/mol. The first-order valence-electron chi connectivity index (χ1n) is 8.51. The maximum Gasteiger partial charge on any atom is 0.336 e. The summed E-state index contributed by atoms with van der Waals surface area (Å²) >= 11 is 0. The van der Waals surface area contributed by atoms with Crippen molar-refractivity contribution in [2.45, 2.75) is 25.7 Å². The predicted molar refractivity (Wildman–Crippen MR) is 92.8 cm³/mol. The molecule has 0 saturated heterocycles. The van der Waals surface area contributed by atoms with Crippen LogP contribution in [0.5, 0.6) is 0 Å². The van der Waals surface area contributed by atoms with Crippen molar-refractivity contribution in [1.29, 1.82) is 0 Å². The van der Waals surface area contributed by atoms with Gasteiger partial charge < -0.3 is 29.9 Å². The smallest absolute Gasteiger partial charge is 0.336 e. The molecule has 0 heterocycles. The summed E-state index contributed by atoms with van der Waals surface area (Å²) in [7, 11) is 0. The van der Waals surface area contributed by atoms with Crippen LogP contribution in [0.25, 0.3) is 0 Å². The molecule has 146 valence electrons. The van der Waals surface area contributed by atoms with E-state index < -0.39 is 11.9 Å². The van der Waals surface area contributed by atoms with Crippen LogP contribution in [-0.4, -0.2) is 72.0 Å². The Morgan fingerprint density at radius 1 is 0.808 bits per heavy atom. The van der Waals surface area contributed by atoms with Gasteiger partial charge in [-0.2, -0.15) is 0 Å². The van der Waals surface area contributed by atoms with Gasteiger partial charge in [0.25, 0.3) is 0 Å². The molecule has 0 radical (unpaired) electrons. The van der Waals surface area contributed by atoms with Gasteiger partial charge in [-0.05, 0) is 42.9 Å². The number of hydrogen-bond donors (Lipinski definition) is 4. The SMILES string of the molecule is O=C(O)c1ccc(CCCOCCO)c(C(=O)O)c1CCCOCCO. The van der Waals surface area contributed by atoms with E-state index in [0.29, 0.717) is 38.0 Å². The largest absolute Gasteiger partial charge is 0.478 e. The second kappa shape index (κ2) is 12.4. The zero-order valence-corrected chi connectivity index (χ0v) is 14.6. The van der Waals surface area contributed by atoms with Crippen LogP contribution in [-0.2, 0) is 22.3 Å². The van der Waals surface area contributed by atoms with Crippen molar-refractivity contribution in [1.82, 2.24) is 0 Å². The molecule has 8 heteroatoms. The lowest BCUT2D eigenvalue weighted by atomic mass is 9.91. The van der Waals surface area contributed by atoms with E-state index in [0.717, 1.165) is 0 Å². The van der Waals surface area contributed by atoms with Gasteiger partial charge in [-0.15, -0.1) is 0 Å². The number of ether oxygens (including phenoxy) is 2. The topological polar surface area (TPSA) is 134 Å². The number of carboxylic acid groups (broad SMARTS) is 2. The fraction of sp³-hybridized carbons (Fsp3) is 0.556. The molecule has 0 atom stereocenters. The van der Waals surface area contributed by atoms with Crippen LogP contribution >= 0.6 is 0 Å².